The second-order valence-electron chi connectivity index (χ2n) is 4.39. The number of nitrogens with zero attached hydrogens (tertiary/aromatic N) is 3. The molecule has 1 aromatic heterocycles. The van der Waals surface area contributed by atoms with Gasteiger partial charge in [-0.1, -0.05) is 37.3 Å². The van der Waals surface area contributed by atoms with Crippen molar-refractivity contribution >= 4 is 0 Å². The van der Waals surface area contributed by atoms with E-state index in [4.69, 9.17) is 5.73 Å². The van der Waals surface area contributed by atoms with E-state index in [1.807, 2.05) is 42.1 Å². The summed E-state index contributed by atoms with van der Waals surface area (Å²) in [4.78, 5) is 4.56. The van der Waals surface area contributed by atoms with Gasteiger partial charge in [0.05, 0.1) is 0 Å². The second-order valence-corrected chi connectivity index (χ2v) is 4.39. The number of hydrogen-bond donors (Lipinski definition) is 1. The SMILES string of the molecule is CC(CN)Cc1nc(-c2ccccc2)nn1C. The maximum Gasteiger partial charge on any atom is 0.181 e. The molecule has 4 heteroatoms. The van der Waals surface area contributed by atoms with Crippen molar-refractivity contribution in [2.24, 2.45) is 18.7 Å². The van der Waals surface area contributed by atoms with Crippen molar-refractivity contribution in [2.75, 3.05) is 6.54 Å². The molecule has 0 saturated heterocycles. The Kier molecular flexibility index (Phi) is 3.54. The van der Waals surface area contributed by atoms with Crippen LogP contribution in [0, 0.1) is 5.92 Å². The van der Waals surface area contributed by atoms with Crippen molar-refractivity contribution in [3.63, 3.8) is 0 Å². The molecule has 1 unspecified atom stereocenters. The van der Waals surface area contributed by atoms with Crippen molar-refractivity contribution in [1.29, 1.82) is 0 Å². The van der Waals surface area contributed by atoms with Gasteiger partial charge in [0.2, 0.25) is 0 Å². The highest BCUT2D eigenvalue weighted by Gasteiger charge is 2.11. The van der Waals surface area contributed by atoms with Gasteiger partial charge in [-0.25, -0.2) is 4.98 Å². The Morgan fingerprint density at radius 1 is 1.29 bits per heavy atom. The molecule has 0 saturated carbocycles. The van der Waals surface area contributed by atoms with Crippen LogP contribution in [0.25, 0.3) is 11.4 Å². The zero-order chi connectivity index (χ0) is 12.3. The van der Waals surface area contributed by atoms with Gasteiger partial charge in [-0.3, -0.25) is 4.68 Å². The summed E-state index contributed by atoms with van der Waals surface area (Å²) in [6, 6.07) is 10.0. The third-order valence-corrected chi connectivity index (χ3v) is 2.82. The Morgan fingerprint density at radius 3 is 2.65 bits per heavy atom. The first kappa shape index (κ1) is 11.8. The fourth-order valence-electron chi connectivity index (χ4n) is 1.70. The summed E-state index contributed by atoms with van der Waals surface area (Å²) in [6.07, 6.45) is 0.868. The van der Waals surface area contributed by atoms with Gasteiger partial charge in [-0.15, -0.1) is 0 Å². The van der Waals surface area contributed by atoms with Crippen LogP contribution in [0.5, 0.6) is 0 Å². The summed E-state index contributed by atoms with van der Waals surface area (Å²) in [7, 11) is 1.93. The van der Waals surface area contributed by atoms with E-state index >= 15 is 0 Å². The van der Waals surface area contributed by atoms with Crippen molar-refractivity contribution < 1.29 is 0 Å². The summed E-state index contributed by atoms with van der Waals surface area (Å²) in [5.74, 6) is 2.20. The lowest BCUT2D eigenvalue weighted by Gasteiger charge is -2.05. The predicted octanol–water partition coefficient (Wildman–Crippen LogP) is 1.62. The molecule has 0 bridgehead atoms. The van der Waals surface area contributed by atoms with Crippen molar-refractivity contribution in [3.05, 3.63) is 36.2 Å². The number of aromatic nitrogens is 3. The summed E-state index contributed by atoms with van der Waals surface area (Å²) >= 11 is 0. The average Bonchev–Trinajstić information content (AvgIpc) is 2.72. The van der Waals surface area contributed by atoms with Crippen LogP contribution in [0.15, 0.2) is 30.3 Å². The second kappa shape index (κ2) is 5.10. The number of nitrogens with two attached hydrogens (primary N) is 1. The minimum Gasteiger partial charge on any atom is -0.330 e. The van der Waals surface area contributed by atoms with Gasteiger partial charge < -0.3 is 5.73 Å². The van der Waals surface area contributed by atoms with Crippen LogP contribution < -0.4 is 5.73 Å². The molecule has 1 atom stereocenters. The monoisotopic (exact) mass is 230 g/mol. The lowest BCUT2D eigenvalue weighted by atomic mass is 10.1. The zero-order valence-electron chi connectivity index (χ0n) is 10.3. The van der Waals surface area contributed by atoms with Gasteiger partial charge in [0, 0.05) is 19.0 Å². The molecule has 0 aliphatic heterocycles. The minimum atomic E-state index is 0.432. The van der Waals surface area contributed by atoms with E-state index in [9.17, 15) is 0 Å². The first-order chi connectivity index (χ1) is 8.20. The topological polar surface area (TPSA) is 56.7 Å². The summed E-state index contributed by atoms with van der Waals surface area (Å²) in [5, 5.41) is 4.43. The molecular formula is C13H18N4. The molecule has 0 radical (unpaired) electrons. The molecular weight excluding hydrogens is 212 g/mol. The maximum absolute atomic E-state index is 5.63. The van der Waals surface area contributed by atoms with E-state index in [-0.39, 0.29) is 0 Å². The number of hydrogen-bond acceptors (Lipinski definition) is 3. The van der Waals surface area contributed by atoms with Crippen LogP contribution in [0.3, 0.4) is 0 Å². The van der Waals surface area contributed by atoms with Crippen LogP contribution >= 0.6 is 0 Å². The zero-order valence-corrected chi connectivity index (χ0v) is 10.3. The molecule has 4 nitrogen and oxygen atoms in total. The summed E-state index contributed by atoms with van der Waals surface area (Å²) in [6.45, 7) is 2.80. The van der Waals surface area contributed by atoms with Gasteiger partial charge in [-0.05, 0) is 12.5 Å². The molecule has 2 aromatic rings. The van der Waals surface area contributed by atoms with Crippen molar-refractivity contribution in [1.82, 2.24) is 14.8 Å². The standard InChI is InChI=1S/C13H18N4/c1-10(9-14)8-12-15-13(16-17(12)2)11-6-4-3-5-7-11/h3-7,10H,8-9,14H2,1-2H3. The molecule has 1 heterocycles. The van der Waals surface area contributed by atoms with Gasteiger partial charge in [-0.2, -0.15) is 5.10 Å². The molecule has 0 aliphatic carbocycles. The number of benzene rings is 1. The van der Waals surface area contributed by atoms with Gasteiger partial charge >= 0.3 is 0 Å². The average molecular weight is 230 g/mol. The van der Waals surface area contributed by atoms with Crippen molar-refractivity contribution in [3.8, 4) is 11.4 Å². The van der Waals surface area contributed by atoms with E-state index < -0.39 is 0 Å². The summed E-state index contributed by atoms with van der Waals surface area (Å²) < 4.78 is 1.84. The Bertz CT molecular complexity index is 475. The fourth-order valence-corrected chi connectivity index (χ4v) is 1.70. The molecule has 0 aliphatic rings. The van der Waals surface area contributed by atoms with E-state index in [1.165, 1.54) is 0 Å². The molecule has 0 amide bonds. The third-order valence-electron chi connectivity index (χ3n) is 2.82. The van der Waals surface area contributed by atoms with Crippen LogP contribution in [-0.4, -0.2) is 21.3 Å². The van der Waals surface area contributed by atoms with Crippen LogP contribution in [0.1, 0.15) is 12.7 Å². The normalized spacial score (nSPS) is 12.6. The largest absolute Gasteiger partial charge is 0.330 e. The fraction of sp³-hybridized carbons (Fsp3) is 0.385. The number of aryl methyl sites for hydroxylation is 1. The molecule has 17 heavy (non-hydrogen) atoms. The lowest BCUT2D eigenvalue weighted by molar-refractivity contribution is 0.550. The minimum absolute atomic E-state index is 0.432. The van der Waals surface area contributed by atoms with Crippen LogP contribution in [-0.2, 0) is 13.5 Å². The summed E-state index contributed by atoms with van der Waals surface area (Å²) in [5.41, 5.74) is 6.68. The first-order valence-electron chi connectivity index (χ1n) is 5.86. The predicted molar refractivity (Wildman–Crippen MR) is 68.4 cm³/mol. The third kappa shape index (κ3) is 2.71. The Hall–Kier alpha value is -1.68. The lowest BCUT2D eigenvalue weighted by Crippen LogP contribution is -2.15. The Balaban J connectivity index is 2.25. The van der Waals surface area contributed by atoms with Crippen LogP contribution in [0.2, 0.25) is 0 Å². The van der Waals surface area contributed by atoms with E-state index in [1.54, 1.807) is 0 Å². The van der Waals surface area contributed by atoms with Gasteiger partial charge in [0.25, 0.3) is 0 Å². The number of rotatable bonds is 4. The molecule has 2 rings (SSSR count). The first-order valence-corrected chi connectivity index (χ1v) is 5.86. The highest BCUT2D eigenvalue weighted by atomic mass is 15.3. The Morgan fingerprint density at radius 2 is 2.00 bits per heavy atom. The van der Waals surface area contributed by atoms with Crippen LogP contribution in [0.4, 0.5) is 0 Å². The Labute approximate surface area is 101 Å². The molecule has 90 valence electrons. The molecule has 0 spiro atoms. The maximum atomic E-state index is 5.63. The van der Waals surface area contributed by atoms with E-state index in [2.05, 4.69) is 17.0 Å². The highest BCUT2D eigenvalue weighted by Crippen LogP contribution is 2.15. The van der Waals surface area contributed by atoms with E-state index in [0.717, 1.165) is 23.6 Å². The molecule has 1 aromatic carbocycles. The smallest absolute Gasteiger partial charge is 0.181 e. The quantitative estimate of drug-likeness (QED) is 0.868. The van der Waals surface area contributed by atoms with Gasteiger partial charge in [0.15, 0.2) is 5.82 Å². The van der Waals surface area contributed by atoms with E-state index in [0.29, 0.717) is 12.5 Å². The highest BCUT2D eigenvalue weighted by molar-refractivity contribution is 5.53. The van der Waals surface area contributed by atoms with Crippen molar-refractivity contribution in [2.45, 2.75) is 13.3 Å². The molecule has 0 fully saturated rings. The van der Waals surface area contributed by atoms with Gasteiger partial charge in [0.1, 0.15) is 5.82 Å². The molecule has 2 N–H and O–H groups in total.